The van der Waals surface area contributed by atoms with Crippen LogP contribution in [0, 0.1) is 10.7 Å². The van der Waals surface area contributed by atoms with E-state index in [0.29, 0.717) is 10.7 Å². The first kappa shape index (κ1) is 10.6. The third-order valence-corrected chi connectivity index (χ3v) is 3.03. The minimum Gasteiger partial charge on any atom is -0.381 e. The zero-order valence-electron chi connectivity index (χ0n) is 8.44. The Labute approximate surface area is 92.9 Å². The van der Waals surface area contributed by atoms with Crippen molar-refractivity contribution < 1.29 is 4.74 Å². The quantitative estimate of drug-likeness (QED) is 0.774. The second kappa shape index (κ2) is 4.72. The highest BCUT2D eigenvalue weighted by Gasteiger charge is 2.14. The van der Waals surface area contributed by atoms with Crippen LogP contribution < -0.4 is 5.56 Å². The van der Waals surface area contributed by atoms with Gasteiger partial charge in [0.2, 0.25) is 0 Å². The molecule has 0 aromatic carbocycles. The number of hydrogen-bond acceptors (Lipinski definition) is 3. The highest BCUT2D eigenvalue weighted by molar-refractivity contribution is 7.71. The van der Waals surface area contributed by atoms with Gasteiger partial charge >= 0.3 is 0 Å². The molecule has 0 aliphatic carbocycles. The molecule has 1 N–H and O–H groups in total. The van der Waals surface area contributed by atoms with E-state index in [0.717, 1.165) is 32.6 Å². The van der Waals surface area contributed by atoms with Crippen molar-refractivity contribution in [2.45, 2.75) is 19.4 Å². The van der Waals surface area contributed by atoms with Crippen LogP contribution in [0.15, 0.2) is 17.1 Å². The largest absolute Gasteiger partial charge is 0.381 e. The van der Waals surface area contributed by atoms with Gasteiger partial charge in [0.15, 0.2) is 4.77 Å². The van der Waals surface area contributed by atoms with Gasteiger partial charge < -0.3 is 9.30 Å². The van der Waals surface area contributed by atoms with Crippen molar-refractivity contribution >= 4 is 12.2 Å². The number of hydrogen-bond donors (Lipinski definition) is 1. The van der Waals surface area contributed by atoms with Crippen LogP contribution in [0.1, 0.15) is 12.8 Å². The zero-order valence-corrected chi connectivity index (χ0v) is 9.26. The fraction of sp³-hybridized carbons (Fsp3) is 0.600. The van der Waals surface area contributed by atoms with Crippen molar-refractivity contribution in [1.29, 1.82) is 0 Å². The molecule has 4 nitrogen and oxygen atoms in total. The van der Waals surface area contributed by atoms with Gasteiger partial charge in [-0.05, 0) is 31.0 Å². The van der Waals surface area contributed by atoms with E-state index in [-0.39, 0.29) is 5.56 Å². The number of H-pyrrole nitrogens is 1. The molecule has 1 aromatic rings. The fourth-order valence-corrected chi connectivity index (χ4v) is 2.03. The minimum atomic E-state index is -0.136. The van der Waals surface area contributed by atoms with Crippen LogP contribution in [-0.4, -0.2) is 22.8 Å². The molecule has 1 fully saturated rings. The lowest BCUT2D eigenvalue weighted by molar-refractivity contribution is 0.0610. The van der Waals surface area contributed by atoms with E-state index in [9.17, 15) is 4.79 Å². The van der Waals surface area contributed by atoms with Crippen LogP contribution in [0.25, 0.3) is 0 Å². The molecule has 1 saturated heterocycles. The molecule has 15 heavy (non-hydrogen) atoms. The van der Waals surface area contributed by atoms with E-state index < -0.39 is 0 Å². The third-order valence-electron chi connectivity index (χ3n) is 2.69. The molecular formula is C10H14N2O2S. The summed E-state index contributed by atoms with van der Waals surface area (Å²) in [5, 5.41) is 0. The highest BCUT2D eigenvalue weighted by atomic mass is 32.1. The Hall–Kier alpha value is -0.940. The maximum absolute atomic E-state index is 11.0. The second-order valence-electron chi connectivity index (χ2n) is 3.82. The smallest absolute Gasteiger partial charge is 0.251 e. The number of rotatable bonds is 2. The first-order valence-electron chi connectivity index (χ1n) is 5.13. The number of nitrogens with zero attached hydrogens (tertiary/aromatic N) is 1. The monoisotopic (exact) mass is 226 g/mol. The molecule has 0 unspecified atom stereocenters. The molecule has 5 heteroatoms. The average Bonchev–Trinajstić information content (AvgIpc) is 2.24. The van der Waals surface area contributed by atoms with E-state index >= 15 is 0 Å². The van der Waals surface area contributed by atoms with Crippen LogP contribution in [-0.2, 0) is 11.3 Å². The van der Waals surface area contributed by atoms with Gasteiger partial charge in [0.05, 0.1) is 0 Å². The molecule has 0 amide bonds. The standard InChI is InChI=1S/C10H14N2O2S/c13-9-1-4-12(10(15)11-9)7-8-2-5-14-6-3-8/h1,4,8H,2-3,5-7H2,(H,11,13,15). The van der Waals surface area contributed by atoms with E-state index in [4.69, 9.17) is 17.0 Å². The normalized spacial score (nSPS) is 17.9. The summed E-state index contributed by atoms with van der Waals surface area (Å²) < 4.78 is 7.73. The molecular weight excluding hydrogens is 212 g/mol. The molecule has 0 spiro atoms. The molecule has 82 valence electrons. The highest BCUT2D eigenvalue weighted by Crippen LogP contribution is 2.16. The van der Waals surface area contributed by atoms with Gasteiger partial charge in [0.1, 0.15) is 0 Å². The first-order valence-corrected chi connectivity index (χ1v) is 5.54. The summed E-state index contributed by atoms with van der Waals surface area (Å²) in [6.07, 6.45) is 3.90. The SMILES string of the molecule is O=c1ccn(CC2CCOCC2)c(=S)[nH]1. The number of aromatic nitrogens is 2. The van der Waals surface area contributed by atoms with E-state index in [1.54, 1.807) is 6.20 Å². The van der Waals surface area contributed by atoms with Crippen LogP contribution in [0.2, 0.25) is 0 Å². The van der Waals surface area contributed by atoms with Gasteiger partial charge in [-0.15, -0.1) is 0 Å². The Morgan fingerprint density at radius 2 is 2.27 bits per heavy atom. The molecule has 1 aliphatic rings. The average molecular weight is 226 g/mol. The summed E-state index contributed by atoms with van der Waals surface area (Å²) >= 11 is 5.08. The van der Waals surface area contributed by atoms with Crippen molar-refractivity contribution in [3.63, 3.8) is 0 Å². The Morgan fingerprint density at radius 1 is 1.53 bits per heavy atom. The van der Waals surface area contributed by atoms with Crippen molar-refractivity contribution in [2.24, 2.45) is 5.92 Å². The fourth-order valence-electron chi connectivity index (χ4n) is 1.80. The van der Waals surface area contributed by atoms with Crippen molar-refractivity contribution in [2.75, 3.05) is 13.2 Å². The van der Waals surface area contributed by atoms with Gasteiger partial charge in [-0.3, -0.25) is 9.78 Å². The Bertz CT molecular complexity index is 432. The predicted octanol–water partition coefficient (Wildman–Crippen LogP) is 1.33. The third kappa shape index (κ3) is 2.76. The minimum absolute atomic E-state index is 0.136. The molecule has 2 rings (SSSR count). The molecule has 0 radical (unpaired) electrons. The summed E-state index contributed by atoms with van der Waals surface area (Å²) in [6, 6.07) is 1.51. The van der Waals surface area contributed by atoms with E-state index in [1.165, 1.54) is 6.07 Å². The predicted molar refractivity (Wildman–Crippen MR) is 59.4 cm³/mol. The number of ether oxygens (including phenoxy) is 1. The summed E-state index contributed by atoms with van der Waals surface area (Å²) in [7, 11) is 0. The van der Waals surface area contributed by atoms with Gasteiger partial charge in [-0.2, -0.15) is 0 Å². The lowest BCUT2D eigenvalue weighted by Gasteiger charge is -2.22. The molecule has 0 bridgehead atoms. The van der Waals surface area contributed by atoms with Crippen molar-refractivity contribution in [1.82, 2.24) is 9.55 Å². The molecule has 0 saturated carbocycles. The summed E-state index contributed by atoms with van der Waals surface area (Å²) in [6.45, 7) is 2.54. The molecule has 1 aliphatic heterocycles. The Kier molecular flexibility index (Phi) is 3.33. The van der Waals surface area contributed by atoms with Crippen LogP contribution in [0.4, 0.5) is 0 Å². The van der Waals surface area contributed by atoms with E-state index in [1.807, 2.05) is 4.57 Å². The summed E-state index contributed by atoms with van der Waals surface area (Å²) in [5.74, 6) is 0.608. The molecule has 0 atom stereocenters. The Morgan fingerprint density at radius 3 is 2.93 bits per heavy atom. The second-order valence-corrected chi connectivity index (χ2v) is 4.20. The first-order chi connectivity index (χ1) is 7.25. The number of nitrogens with one attached hydrogen (secondary N) is 1. The van der Waals surface area contributed by atoms with Crippen molar-refractivity contribution in [3.8, 4) is 0 Å². The Balaban J connectivity index is 2.09. The molecule has 1 aromatic heterocycles. The summed E-state index contributed by atoms with van der Waals surface area (Å²) in [4.78, 5) is 13.6. The topological polar surface area (TPSA) is 47.0 Å². The van der Waals surface area contributed by atoms with Crippen LogP contribution >= 0.6 is 12.2 Å². The maximum Gasteiger partial charge on any atom is 0.251 e. The lowest BCUT2D eigenvalue weighted by atomic mass is 10.0. The van der Waals surface area contributed by atoms with Gasteiger partial charge in [-0.1, -0.05) is 0 Å². The van der Waals surface area contributed by atoms with Crippen molar-refractivity contribution in [3.05, 3.63) is 27.4 Å². The zero-order chi connectivity index (χ0) is 10.7. The van der Waals surface area contributed by atoms with Gasteiger partial charge in [0.25, 0.3) is 5.56 Å². The lowest BCUT2D eigenvalue weighted by Crippen LogP contribution is -2.22. The summed E-state index contributed by atoms with van der Waals surface area (Å²) in [5.41, 5.74) is -0.136. The molecule has 2 heterocycles. The van der Waals surface area contributed by atoms with Crippen LogP contribution in [0.5, 0.6) is 0 Å². The van der Waals surface area contributed by atoms with Gasteiger partial charge in [0, 0.05) is 32.0 Å². The van der Waals surface area contributed by atoms with Gasteiger partial charge in [-0.25, -0.2) is 0 Å². The maximum atomic E-state index is 11.0. The van der Waals surface area contributed by atoms with Crippen LogP contribution in [0.3, 0.4) is 0 Å². The number of aromatic amines is 1. The van der Waals surface area contributed by atoms with E-state index in [2.05, 4.69) is 4.98 Å².